The first kappa shape index (κ1) is 12.6. The van der Waals surface area contributed by atoms with Gasteiger partial charge < -0.3 is 5.73 Å². The minimum Gasteiger partial charge on any atom is -0.328 e. The molecular formula is C15H24N2. The van der Waals surface area contributed by atoms with Gasteiger partial charge in [0.1, 0.15) is 0 Å². The van der Waals surface area contributed by atoms with E-state index < -0.39 is 0 Å². The Morgan fingerprint density at radius 1 is 1.24 bits per heavy atom. The van der Waals surface area contributed by atoms with Gasteiger partial charge >= 0.3 is 0 Å². The van der Waals surface area contributed by atoms with Crippen LogP contribution in [0.4, 0.5) is 0 Å². The molecule has 2 N–H and O–H groups in total. The average molecular weight is 232 g/mol. The summed E-state index contributed by atoms with van der Waals surface area (Å²) in [5, 5.41) is 0. The fourth-order valence-corrected chi connectivity index (χ4v) is 2.75. The molecular weight excluding hydrogens is 208 g/mol. The van der Waals surface area contributed by atoms with Crippen molar-refractivity contribution in [3.8, 4) is 0 Å². The quantitative estimate of drug-likeness (QED) is 0.864. The van der Waals surface area contributed by atoms with E-state index in [1.807, 2.05) is 0 Å². The zero-order valence-electron chi connectivity index (χ0n) is 10.8. The van der Waals surface area contributed by atoms with Crippen LogP contribution in [0.15, 0.2) is 30.3 Å². The van der Waals surface area contributed by atoms with E-state index in [0.29, 0.717) is 6.04 Å². The zero-order chi connectivity index (χ0) is 12.1. The molecule has 1 heterocycles. The maximum atomic E-state index is 5.87. The van der Waals surface area contributed by atoms with Crippen LogP contribution in [0.25, 0.3) is 0 Å². The van der Waals surface area contributed by atoms with Gasteiger partial charge in [-0.2, -0.15) is 0 Å². The minimum absolute atomic E-state index is 0.362. The van der Waals surface area contributed by atoms with Crippen LogP contribution in [0.3, 0.4) is 0 Å². The van der Waals surface area contributed by atoms with E-state index in [9.17, 15) is 0 Å². The maximum absolute atomic E-state index is 5.87. The van der Waals surface area contributed by atoms with Crippen LogP contribution in [-0.4, -0.2) is 24.0 Å². The number of hydrogen-bond donors (Lipinski definition) is 1. The summed E-state index contributed by atoms with van der Waals surface area (Å²) in [6, 6.07) is 11.1. The molecule has 0 bridgehead atoms. The van der Waals surface area contributed by atoms with Gasteiger partial charge in [0.15, 0.2) is 0 Å². The molecule has 2 rings (SSSR count). The number of nitrogens with two attached hydrogens (primary N) is 1. The van der Waals surface area contributed by atoms with Crippen molar-refractivity contribution in [2.45, 2.75) is 38.8 Å². The Morgan fingerprint density at radius 2 is 1.88 bits per heavy atom. The molecule has 0 amide bonds. The van der Waals surface area contributed by atoms with Gasteiger partial charge in [-0.25, -0.2) is 0 Å². The van der Waals surface area contributed by atoms with Crippen molar-refractivity contribution in [1.29, 1.82) is 0 Å². The van der Waals surface area contributed by atoms with Crippen LogP contribution < -0.4 is 5.73 Å². The first-order valence-corrected chi connectivity index (χ1v) is 6.76. The fraction of sp³-hybridized carbons (Fsp3) is 0.600. The van der Waals surface area contributed by atoms with Crippen molar-refractivity contribution < 1.29 is 0 Å². The van der Waals surface area contributed by atoms with Crippen molar-refractivity contribution in [2.24, 2.45) is 11.7 Å². The molecule has 1 aromatic carbocycles. The van der Waals surface area contributed by atoms with Crippen LogP contribution in [0.5, 0.6) is 0 Å². The number of nitrogens with zero attached hydrogens (tertiary/aromatic N) is 1. The molecule has 0 radical (unpaired) electrons. The summed E-state index contributed by atoms with van der Waals surface area (Å²) in [7, 11) is 0. The topological polar surface area (TPSA) is 29.3 Å². The molecule has 2 nitrogen and oxygen atoms in total. The van der Waals surface area contributed by atoms with Crippen LogP contribution in [0.2, 0.25) is 0 Å². The normalized spacial score (nSPS) is 20.4. The van der Waals surface area contributed by atoms with Crippen LogP contribution in [0.1, 0.15) is 31.7 Å². The minimum atomic E-state index is 0.362. The third-order valence-corrected chi connectivity index (χ3v) is 3.66. The van der Waals surface area contributed by atoms with Gasteiger partial charge in [-0.05, 0) is 50.8 Å². The van der Waals surface area contributed by atoms with E-state index >= 15 is 0 Å². The van der Waals surface area contributed by atoms with E-state index in [4.69, 9.17) is 5.73 Å². The maximum Gasteiger partial charge on any atom is 0.0233 e. The Kier molecular flexibility index (Phi) is 4.57. The standard InChI is InChI=1S/C15H24N2/c1-13(16)11-14-7-9-17(10-8-14)12-15-5-3-2-4-6-15/h2-6,13-14H,7-12,16H2,1H3/t13-/m1/s1. The average Bonchev–Trinajstić information content (AvgIpc) is 2.32. The van der Waals surface area contributed by atoms with Crippen molar-refractivity contribution in [3.05, 3.63) is 35.9 Å². The molecule has 1 fully saturated rings. The number of rotatable bonds is 4. The highest BCUT2D eigenvalue weighted by atomic mass is 15.1. The highest BCUT2D eigenvalue weighted by Gasteiger charge is 2.19. The molecule has 17 heavy (non-hydrogen) atoms. The Labute approximate surface area is 105 Å². The molecule has 1 atom stereocenters. The van der Waals surface area contributed by atoms with Gasteiger partial charge in [0.2, 0.25) is 0 Å². The summed E-state index contributed by atoms with van der Waals surface area (Å²) < 4.78 is 0. The molecule has 1 saturated heterocycles. The second-order valence-electron chi connectivity index (χ2n) is 5.42. The van der Waals surface area contributed by atoms with Crippen LogP contribution in [0, 0.1) is 5.92 Å². The van der Waals surface area contributed by atoms with E-state index in [2.05, 4.69) is 42.2 Å². The molecule has 0 spiro atoms. The Hall–Kier alpha value is -0.860. The van der Waals surface area contributed by atoms with Gasteiger partial charge in [-0.3, -0.25) is 4.90 Å². The molecule has 0 unspecified atom stereocenters. The Bertz CT molecular complexity index is 313. The molecule has 1 aromatic rings. The van der Waals surface area contributed by atoms with Crippen LogP contribution >= 0.6 is 0 Å². The molecule has 0 aliphatic carbocycles. The molecule has 0 saturated carbocycles. The largest absolute Gasteiger partial charge is 0.328 e. The predicted molar refractivity (Wildman–Crippen MR) is 72.7 cm³/mol. The monoisotopic (exact) mass is 232 g/mol. The highest BCUT2D eigenvalue weighted by Crippen LogP contribution is 2.22. The highest BCUT2D eigenvalue weighted by molar-refractivity contribution is 5.14. The van der Waals surface area contributed by atoms with Crippen molar-refractivity contribution in [1.82, 2.24) is 4.90 Å². The summed E-state index contributed by atoms with van der Waals surface area (Å²) in [5.41, 5.74) is 7.30. The first-order chi connectivity index (χ1) is 8.24. The molecule has 2 heteroatoms. The lowest BCUT2D eigenvalue weighted by Crippen LogP contribution is -2.35. The Morgan fingerprint density at radius 3 is 2.47 bits per heavy atom. The van der Waals surface area contributed by atoms with E-state index in [-0.39, 0.29) is 0 Å². The number of likely N-dealkylation sites (tertiary alicyclic amines) is 1. The zero-order valence-corrected chi connectivity index (χ0v) is 10.8. The second kappa shape index (κ2) is 6.18. The van der Waals surface area contributed by atoms with E-state index in [1.54, 1.807) is 0 Å². The SMILES string of the molecule is C[C@@H](N)CC1CCN(Cc2ccccc2)CC1. The van der Waals surface area contributed by atoms with Gasteiger partial charge in [0, 0.05) is 12.6 Å². The third kappa shape index (κ3) is 4.14. The van der Waals surface area contributed by atoms with E-state index in [0.717, 1.165) is 12.5 Å². The lowest BCUT2D eigenvalue weighted by atomic mass is 9.91. The molecule has 1 aliphatic heterocycles. The predicted octanol–water partition coefficient (Wildman–Crippen LogP) is 2.64. The number of piperidine rings is 1. The van der Waals surface area contributed by atoms with Crippen molar-refractivity contribution >= 4 is 0 Å². The summed E-state index contributed by atoms with van der Waals surface area (Å²) in [4.78, 5) is 2.56. The van der Waals surface area contributed by atoms with Crippen LogP contribution in [-0.2, 0) is 6.54 Å². The lowest BCUT2D eigenvalue weighted by molar-refractivity contribution is 0.169. The third-order valence-electron chi connectivity index (χ3n) is 3.66. The van der Waals surface area contributed by atoms with Crippen molar-refractivity contribution in [2.75, 3.05) is 13.1 Å². The smallest absolute Gasteiger partial charge is 0.0233 e. The number of benzene rings is 1. The summed E-state index contributed by atoms with van der Waals surface area (Å²) in [6.07, 6.45) is 3.82. The Balaban J connectivity index is 1.76. The summed E-state index contributed by atoms with van der Waals surface area (Å²) in [5.74, 6) is 0.849. The van der Waals surface area contributed by atoms with Gasteiger partial charge in [0.25, 0.3) is 0 Å². The van der Waals surface area contributed by atoms with Gasteiger partial charge in [0.05, 0.1) is 0 Å². The van der Waals surface area contributed by atoms with E-state index in [1.165, 1.54) is 37.9 Å². The molecule has 0 aromatic heterocycles. The van der Waals surface area contributed by atoms with Crippen molar-refractivity contribution in [3.63, 3.8) is 0 Å². The summed E-state index contributed by atoms with van der Waals surface area (Å²) >= 11 is 0. The van der Waals surface area contributed by atoms with Gasteiger partial charge in [-0.1, -0.05) is 30.3 Å². The molecule has 1 aliphatic rings. The second-order valence-corrected chi connectivity index (χ2v) is 5.42. The van der Waals surface area contributed by atoms with Gasteiger partial charge in [-0.15, -0.1) is 0 Å². The molecule has 94 valence electrons. The fourth-order valence-electron chi connectivity index (χ4n) is 2.75. The number of hydrogen-bond acceptors (Lipinski definition) is 2. The summed E-state index contributed by atoms with van der Waals surface area (Å²) in [6.45, 7) is 5.68. The first-order valence-electron chi connectivity index (χ1n) is 6.76. The lowest BCUT2D eigenvalue weighted by Gasteiger charge is -2.32.